The zero-order valence-corrected chi connectivity index (χ0v) is 21.9. The number of benzene rings is 2. The van der Waals surface area contributed by atoms with Crippen LogP contribution in [0.4, 0.5) is 4.39 Å². The van der Waals surface area contributed by atoms with Crippen molar-refractivity contribution >= 4 is 5.97 Å². The van der Waals surface area contributed by atoms with Crippen LogP contribution in [-0.4, -0.2) is 23.2 Å². The van der Waals surface area contributed by atoms with E-state index in [2.05, 4.69) is 44.0 Å². The number of carboxylic acids is 1. The molecule has 0 radical (unpaired) electrons. The summed E-state index contributed by atoms with van der Waals surface area (Å²) in [5.41, 5.74) is 5.46. The highest BCUT2D eigenvalue weighted by Gasteiger charge is 2.60. The van der Waals surface area contributed by atoms with Gasteiger partial charge in [0.25, 0.3) is 0 Å². The summed E-state index contributed by atoms with van der Waals surface area (Å²) in [6.07, 6.45) is 6.28. The number of nitrogens with zero attached hydrogens (tertiary/aromatic N) is 1. The van der Waals surface area contributed by atoms with E-state index in [9.17, 15) is 14.3 Å². The molecule has 5 nitrogen and oxygen atoms in total. The fourth-order valence-corrected chi connectivity index (χ4v) is 6.11. The predicted molar refractivity (Wildman–Crippen MR) is 140 cm³/mol. The van der Waals surface area contributed by atoms with Gasteiger partial charge in [0.2, 0.25) is 0 Å². The van der Waals surface area contributed by atoms with Crippen LogP contribution in [0.15, 0.2) is 54.9 Å². The first-order valence-electron chi connectivity index (χ1n) is 12.9. The lowest BCUT2D eigenvalue weighted by Gasteiger charge is -2.31. The molecule has 0 saturated heterocycles. The molecule has 0 bridgehead atoms. The Kier molecular flexibility index (Phi) is 6.57. The van der Waals surface area contributed by atoms with Crippen molar-refractivity contribution in [2.45, 2.75) is 64.6 Å². The quantitative estimate of drug-likeness (QED) is 0.381. The second-order valence-corrected chi connectivity index (χ2v) is 11.5. The van der Waals surface area contributed by atoms with E-state index in [1.54, 1.807) is 13.3 Å². The van der Waals surface area contributed by atoms with E-state index in [-0.39, 0.29) is 28.7 Å². The number of halogens is 1. The molecule has 194 valence electrons. The number of pyridine rings is 1. The van der Waals surface area contributed by atoms with Crippen LogP contribution in [0.1, 0.15) is 68.4 Å². The number of rotatable bonds is 7. The first-order valence-corrected chi connectivity index (χ1v) is 12.9. The Morgan fingerprint density at radius 3 is 2.68 bits per heavy atom. The Morgan fingerprint density at radius 1 is 1.19 bits per heavy atom. The SMILES string of the molecule is CO[C@@H](c1cc(COc2ccc3c(c2)[C@]2(CCC3)CC2C(=O)O)ccc1-c1cncc(F)c1)C(C)(C)C. The summed E-state index contributed by atoms with van der Waals surface area (Å²) >= 11 is 0. The van der Waals surface area contributed by atoms with Gasteiger partial charge in [-0.3, -0.25) is 9.78 Å². The molecule has 3 aromatic rings. The van der Waals surface area contributed by atoms with Crippen molar-refractivity contribution in [1.29, 1.82) is 0 Å². The highest BCUT2D eigenvalue weighted by atomic mass is 19.1. The number of aromatic nitrogens is 1. The summed E-state index contributed by atoms with van der Waals surface area (Å²) in [7, 11) is 1.69. The molecule has 1 N–H and O–H groups in total. The molecule has 5 rings (SSSR count). The number of aryl methyl sites for hydroxylation is 1. The molecule has 2 aliphatic carbocycles. The second kappa shape index (κ2) is 9.56. The van der Waals surface area contributed by atoms with E-state index in [4.69, 9.17) is 9.47 Å². The molecule has 1 unspecified atom stereocenters. The third-order valence-electron chi connectivity index (χ3n) is 7.90. The summed E-state index contributed by atoms with van der Waals surface area (Å²) < 4.78 is 26.2. The number of carboxylic acid groups (broad SMARTS) is 1. The summed E-state index contributed by atoms with van der Waals surface area (Å²) in [5.74, 6) is -0.633. The molecule has 1 fully saturated rings. The van der Waals surface area contributed by atoms with E-state index < -0.39 is 5.97 Å². The molecule has 1 spiro atoms. The maximum absolute atomic E-state index is 14.0. The molecule has 0 aliphatic heterocycles. The van der Waals surface area contributed by atoms with Crippen LogP contribution in [0, 0.1) is 17.2 Å². The lowest BCUT2D eigenvalue weighted by molar-refractivity contribution is -0.139. The smallest absolute Gasteiger partial charge is 0.307 e. The molecule has 1 saturated carbocycles. The number of aliphatic carboxylic acids is 1. The van der Waals surface area contributed by atoms with Gasteiger partial charge < -0.3 is 14.6 Å². The third kappa shape index (κ3) is 4.87. The highest BCUT2D eigenvalue weighted by molar-refractivity contribution is 5.78. The number of methoxy groups -OCH3 is 1. The number of fused-ring (bicyclic) bond motifs is 2. The Bertz CT molecular complexity index is 1330. The van der Waals surface area contributed by atoms with Gasteiger partial charge in [-0.25, -0.2) is 4.39 Å². The summed E-state index contributed by atoms with van der Waals surface area (Å²) in [5, 5.41) is 9.62. The molecule has 3 atom stereocenters. The standard InChI is InChI=1S/C31H34FNO4/c1-30(2,3)28(36-4)25-12-19(7-10-24(25)21-13-22(32)17-33-16-21)18-37-23-9-8-20-6-5-11-31(26(20)14-23)15-27(31)29(34)35/h7-10,12-14,16-17,27-28H,5-6,11,15,18H2,1-4H3,(H,34,35)/t27?,28-,31-/m0/s1. The molecule has 1 heterocycles. The minimum atomic E-state index is -0.702. The van der Waals surface area contributed by atoms with Crippen molar-refractivity contribution in [1.82, 2.24) is 4.98 Å². The minimum absolute atomic E-state index is 0.193. The van der Waals surface area contributed by atoms with Gasteiger partial charge in [0.1, 0.15) is 18.2 Å². The van der Waals surface area contributed by atoms with E-state index >= 15 is 0 Å². The first kappa shape index (κ1) is 25.4. The average Bonchev–Trinajstić information content (AvgIpc) is 3.58. The molecular formula is C31H34FNO4. The number of hydrogen-bond acceptors (Lipinski definition) is 4. The molecule has 2 aromatic carbocycles. The van der Waals surface area contributed by atoms with Gasteiger partial charge in [-0.15, -0.1) is 0 Å². The third-order valence-corrected chi connectivity index (χ3v) is 7.90. The number of carbonyl (C=O) groups is 1. The Balaban J connectivity index is 1.44. The second-order valence-electron chi connectivity index (χ2n) is 11.5. The van der Waals surface area contributed by atoms with Gasteiger partial charge in [-0.1, -0.05) is 39.0 Å². The number of ether oxygens (including phenoxy) is 2. The summed E-state index contributed by atoms with van der Waals surface area (Å²) in [4.78, 5) is 15.7. The zero-order chi connectivity index (χ0) is 26.4. The van der Waals surface area contributed by atoms with Crippen LogP contribution in [0.3, 0.4) is 0 Å². The van der Waals surface area contributed by atoms with Gasteiger partial charge in [-0.05, 0) is 83.2 Å². The van der Waals surface area contributed by atoms with Gasteiger partial charge in [0.05, 0.1) is 18.2 Å². The van der Waals surface area contributed by atoms with E-state index in [0.717, 1.165) is 47.3 Å². The van der Waals surface area contributed by atoms with E-state index in [1.807, 2.05) is 18.2 Å². The van der Waals surface area contributed by atoms with Crippen LogP contribution in [0.25, 0.3) is 11.1 Å². The Hall–Kier alpha value is -3.25. The molecule has 6 heteroatoms. The van der Waals surface area contributed by atoms with Crippen LogP contribution in [0.5, 0.6) is 5.75 Å². The monoisotopic (exact) mass is 503 g/mol. The fraction of sp³-hybridized carbons (Fsp3) is 0.419. The van der Waals surface area contributed by atoms with Gasteiger partial charge in [0, 0.05) is 24.3 Å². The average molecular weight is 504 g/mol. The Morgan fingerprint density at radius 2 is 2.00 bits per heavy atom. The lowest BCUT2D eigenvalue weighted by atomic mass is 9.78. The van der Waals surface area contributed by atoms with Crippen LogP contribution < -0.4 is 4.74 Å². The molecule has 1 aromatic heterocycles. The molecule has 0 amide bonds. The van der Waals surface area contributed by atoms with Crippen LogP contribution in [-0.2, 0) is 28.0 Å². The zero-order valence-electron chi connectivity index (χ0n) is 21.9. The van der Waals surface area contributed by atoms with Gasteiger partial charge in [0.15, 0.2) is 0 Å². The summed E-state index contributed by atoms with van der Waals surface area (Å²) in [6.45, 7) is 6.69. The van der Waals surface area contributed by atoms with Crippen molar-refractivity contribution in [2.24, 2.45) is 11.3 Å². The minimum Gasteiger partial charge on any atom is -0.489 e. The van der Waals surface area contributed by atoms with Crippen molar-refractivity contribution < 1.29 is 23.8 Å². The van der Waals surface area contributed by atoms with Crippen molar-refractivity contribution in [3.8, 4) is 16.9 Å². The first-order chi connectivity index (χ1) is 17.6. The maximum Gasteiger partial charge on any atom is 0.307 e. The predicted octanol–water partition coefficient (Wildman–Crippen LogP) is 6.88. The summed E-state index contributed by atoms with van der Waals surface area (Å²) in [6, 6.07) is 13.7. The fourth-order valence-electron chi connectivity index (χ4n) is 6.11. The molecule has 37 heavy (non-hydrogen) atoms. The Labute approximate surface area is 217 Å². The van der Waals surface area contributed by atoms with Crippen molar-refractivity contribution in [3.05, 3.63) is 82.9 Å². The largest absolute Gasteiger partial charge is 0.489 e. The molecular weight excluding hydrogens is 469 g/mol. The molecule has 2 aliphatic rings. The highest BCUT2D eigenvalue weighted by Crippen LogP contribution is 2.60. The maximum atomic E-state index is 14.0. The lowest BCUT2D eigenvalue weighted by Crippen LogP contribution is -2.21. The van der Waals surface area contributed by atoms with E-state index in [1.165, 1.54) is 17.8 Å². The van der Waals surface area contributed by atoms with Crippen molar-refractivity contribution in [2.75, 3.05) is 7.11 Å². The van der Waals surface area contributed by atoms with Crippen LogP contribution >= 0.6 is 0 Å². The number of hydrogen-bond donors (Lipinski definition) is 1. The van der Waals surface area contributed by atoms with E-state index in [0.29, 0.717) is 18.6 Å². The topological polar surface area (TPSA) is 68.7 Å². The van der Waals surface area contributed by atoms with Crippen molar-refractivity contribution in [3.63, 3.8) is 0 Å². The normalized spacial score (nSPS) is 21.4. The van der Waals surface area contributed by atoms with Gasteiger partial charge in [-0.2, -0.15) is 0 Å². The van der Waals surface area contributed by atoms with Gasteiger partial charge >= 0.3 is 5.97 Å². The van der Waals surface area contributed by atoms with Crippen LogP contribution in [0.2, 0.25) is 0 Å².